The van der Waals surface area contributed by atoms with Crippen molar-refractivity contribution in [1.29, 1.82) is 0 Å². The van der Waals surface area contributed by atoms with Crippen LogP contribution in [0.1, 0.15) is 0 Å². The summed E-state index contributed by atoms with van der Waals surface area (Å²) in [5.41, 5.74) is 0. The van der Waals surface area contributed by atoms with Crippen LogP contribution >= 0.6 is 12.6 Å². The normalized spacial score (nSPS) is 12.1. The lowest BCUT2D eigenvalue weighted by Gasteiger charge is -2.05. The van der Waals surface area contributed by atoms with E-state index in [0.29, 0.717) is 16.4 Å². The van der Waals surface area contributed by atoms with Crippen molar-refractivity contribution in [2.24, 2.45) is 0 Å². The number of thiol groups is 1. The second kappa shape index (κ2) is 5.35. The minimum atomic E-state index is -1.95. The van der Waals surface area contributed by atoms with Gasteiger partial charge in [0.1, 0.15) is 11.5 Å². The molecule has 0 aromatic heterocycles. The maximum Gasteiger partial charge on any atom is 0.186 e. The van der Waals surface area contributed by atoms with Crippen LogP contribution in [0.4, 0.5) is 0 Å². The summed E-state index contributed by atoms with van der Waals surface area (Å²) in [6.45, 7) is 0. The average molecular weight is 266 g/mol. The molecule has 2 aromatic carbocycles. The first kappa shape index (κ1) is 12.2. The van der Waals surface area contributed by atoms with Crippen molar-refractivity contribution in [1.82, 2.24) is 0 Å². The maximum absolute atomic E-state index is 10.8. The molecule has 2 rings (SSSR count). The molecule has 88 valence electrons. The minimum absolute atomic E-state index is 0.350. The second-order valence-corrected chi connectivity index (χ2v) is 4.80. The van der Waals surface area contributed by atoms with Gasteiger partial charge in [-0.1, -0.05) is 0 Å². The van der Waals surface area contributed by atoms with Crippen molar-refractivity contribution in [3.8, 4) is 11.5 Å². The molecule has 0 bridgehead atoms. The fourth-order valence-electron chi connectivity index (χ4n) is 1.27. The summed E-state index contributed by atoms with van der Waals surface area (Å²) < 4.78 is 25.2. The van der Waals surface area contributed by atoms with Gasteiger partial charge in [0, 0.05) is 4.90 Å². The molecule has 0 spiro atoms. The quantitative estimate of drug-likeness (QED) is 0.661. The zero-order valence-electron chi connectivity index (χ0n) is 8.74. The Kier molecular flexibility index (Phi) is 3.83. The summed E-state index contributed by atoms with van der Waals surface area (Å²) in [6, 6.07) is 13.7. The highest BCUT2D eigenvalue weighted by atomic mass is 32.2. The van der Waals surface area contributed by atoms with Crippen LogP contribution in [-0.4, -0.2) is 8.76 Å². The monoisotopic (exact) mass is 266 g/mol. The highest BCUT2D eigenvalue weighted by Crippen LogP contribution is 2.23. The van der Waals surface area contributed by atoms with Crippen molar-refractivity contribution in [2.75, 3.05) is 0 Å². The number of hydrogen-bond acceptors (Lipinski definition) is 3. The van der Waals surface area contributed by atoms with E-state index in [1.54, 1.807) is 36.4 Å². The third-order valence-corrected chi connectivity index (χ3v) is 3.07. The fourth-order valence-corrected chi connectivity index (χ4v) is 1.79. The molecule has 5 heteroatoms. The highest BCUT2D eigenvalue weighted by molar-refractivity contribution is 7.80. The van der Waals surface area contributed by atoms with Gasteiger partial charge in [0.05, 0.1) is 4.90 Å². The molecule has 0 radical (unpaired) electrons. The van der Waals surface area contributed by atoms with E-state index in [1.807, 2.05) is 12.1 Å². The predicted octanol–water partition coefficient (Wildman–Crippen LogP) is 3.35. The van der Waals surface area contributed by atoms with Crippen LogP contribution in [0.15, 0.2) is 58.3 Å². The topological polar surface area (TPSA) is 46.5 Å². The first-order valence-corrected chi connectivity index (χ1v) is 6.38. The van der Waals surface area contributed by atoms with Crippen LogP contribution in [0.2, 0.25) is 0 Å². The van der Waals surface area contributed by atoms with Crippen molar-refractivity contribution in [3.63, 3.8) is 0 Å². The molecule has 1 atom stereocenters. The molecule has 0 saturated carbocycles. The Balaban J connectivity index is 2.13. The van der Waals surface area contributed by atoms with E-state index in [1.165, 1.54) is 0 Å². The largest absolute Gasteiger partial charge is 0.457 e. The van der Waals surface area contributed by atoms with Gasteiger partial charge in [-0.05, 0) is 48.5 Å². The lowest BCUT2D eigenvalue weighted by atomic mass is 10.3. The van der Waals surface area contributed by atoms with E-state index in [0.717, 1.165) is 4.90 Å². The highest BCUT2D eigenvalue weighted by Gasteiger charge is 2.01. The third-order valence-electron chi connectivity index (χ3n) is 2.10. The van der Waals surface area contributed by atoms with E-state index in [4.69, 9.17) is 9.29 Å². The standard InChI is InChI=1S/C12H10O3S2/c13-17(14)12-7-3-10(4-8-12)15-9-1-5-11(16)6-2-9/h1-8,16H,(H,13,14). The van der Waals surface area contributed by atoms with Crippen molar-refractivity contribution in [3.05, 3.63) is 48.5 Å². The number of ether oxygens (including phenoxy) is 1. The Bertz CT molecular complexity index is 520. The lowest BCUT2D eigenvalue weighted by Crippen LogP contribution is -1.88. The summed E-state index contributed by atoms with van der Waals surface area (Å²) >= 11 is 2.22. The van der Waals surface area contributed by atoms with Crippen LogP contribution in [0, 0.1) is 0 Å². The van der Waals surface area contributed by atoms with Gasteiger partial charge in [-0.25, -0.2) is 4.21 Å². The summed E-state index contributed by atoms with van der Waals surface area (Å²) in [4.78, 5) is 1.21. The van der Waals surface area contributed by atoms with Crippen LogP contribution in [0.5, 0.6) is 11.5 Å². The van der Waals surface area contributed by atoms with Gasteiger partial charge in [-0.3, -0.25) is 0 Å². The van der Waals surface area contributed by atoms with Gasteiger partial charge in [-0.15, -0.1) is 12.6 Å². The molecule has 0 aliphatic carbocycles. The maximum atomic E-state index is 10.8. The van der Waals surface area contributed by atoms with Crippen LogP contribution in [0.25, 0.3) is 0 Å². The number of rotatable bonds is 3. The Hall–Kier alpha value is -1.30. The zero-order valence-corrected chi connectivity index (χ0v) is 10.4. The predicted molar refractivity (Wildman–Crippen MR) is 69.2 cm³/mol. The molecular weight excluding hydrogens is 256 g/mol. The van der Waals surface area contributed by atoms with E-state index in [2.05, 4.69) is 12.6 Å². The van der Waals surface area contributed by atoms with Crippen LogP contribution in [0.3, 0.4) is 0 Å². The van der Waals surface area contributed by atoms with Gasteiger partial charge in [0.25, 0.3) is 0 Å². The van der Waals surface area contributed by atoms with Crippen molar-refractivity contribution in [2.45, 2.75) is 9.79 Å². The van der Waals surface area contributed by atoms with E-state index in [9.17, 15) is 4.21 Å². The molecule has 2 aromatic rings. The minimum Gasteiger partial charge on any atom is -0.457 e. The molecule has 0 heterocycles. The number of benzene rings is 2. The lowest BCUT2D eigenvalue weighted by molar-refractivity contribution is 0.481. The third kappa shape index (κ3) is 3.33. The van der Waals surface area contributed by atoms with Gasteiger partial charge >= 0.3 is 0 Å². The first-order valence-electron chi connectivity index (χ1n) is 4.83. The summed E-state index contributed by atoms with van der Waals surface area (Å²) in [5, 5.41) is 0. The average Bonchev–Trinajstić information content (AvgIpc) is 2.33. The summed E-state index contributed by atoms with van der Waals surface area (Å²) in [7, 11) is 0. The molecule has 0 saturated heterocycles. The molecule has 3 nitrogen and oxygen atoms in total. The van der Waals surface area contributed by atoms with E-state index < -0.39 is 11.1 Å². The molecule has 17 heavy (non-hydrogen) atoms. The van der Waals surface area contributed by atoms with Crippen molar-refractivity contribution < 1.29 is 13.5 Å². The van der Waals surface area contributed by atoms with Crippen LogP contribution < -0.4 is 4.74 Å². The molecule has 0 aliphatic rings. The summed E-state index contributed by atoms with van der Waals surface area (Å²) in [6.07, 6.45) is 0. The molecule has 1 N–H and O–H groups in total. The van der Waals surface area contributed by atoms with Crippen LogP contribution in [-0.2, 0) is 11.1 Å². The zero-order chi connectivity index (χ0) is 12.3. The van der Waals surface area contributed by atoms with E-state index >= 15 is 0 Å². The smallest absolute Gasteiger partial charge is 0.186 e. The van der Waals surface area contributed by atoms with Gasteiger partial charge in [0.15, 0.2) is 11.1 Å². The fraction of sp³-hybridized carbons (Fsp3) is 0. The Morgan fingerprint density at radius 2 is 1.41 bits per heavy atom. The molecule has 0 fully saturated rings. The molecule has 1 unspecified atom stereocenters. The van der Waals surface area contributed by atoms with Gasteiger partial charge in [-0.2, -0.15) is 0 Å². The summed E-state index contributed by atoms with van der Waals surface area (Å²) in [5.74, 6) is 1.31. The van der Waals surface area contributed by atoms with E-state index in [-0.39, 0.29) is 0 Å². The number of hydrogen-bond donors (Lipinski definition) is 2. The molecule has 0 aliphatic heterocycles. The Morgan fingerprint density at radius 3 is 1.88 bits per heavy atom. The molecular formula is C12H10O3S2. The van der Waals surface area contributed by atoms with Gasteiger partial charge < -0.3 is 9.29 Å². The molecule has 0 amide bonds. The Morgan fingerprint density at radius 1 is 0.941 bits per heavy atom. The first-order chi connectivity index (χ1) is 8.15. The van der Waals surface area contributed by atoms with Crippen molar-refractivity contribution >= 4 is 23.7 Å². The van der Waals surface area contributed by atoms with Gasteiger partial charge in [0.2, 0.25) is 0 Å². The Labute approximate surface area is 107 Å². The SMILES string of the molecule is O=S(O)c1ccc(Oc2ccc(S)cc2)cc1. The second-order valence-electron chi connectivity index (χ2n) is 3.32.